The first kappa shape index (κ1) is 19.4. The normalized spacial score (nSPS) is 31.7. The third-order valence-electron chi connectivity index (χ3n) is 7.07. The molecular formula is C20H21FIN7O2. The minimum Gasteiger partial charge on any atom is -0.494 e. The molecule has 1 aliphatic heterocycles. The highest BCUT2D eigenvalue weighted by molar-refractivity contribution is 14.1. The Hall–Kier alpha value is -2.28. The highest BCUT2D eigenvalue weighted by Gasteiger charge is 2.86. The largest absolute Gasteiger partial charge is 0.494 e. The van der Waals surface area contributed by atoms with Crippen LogP contribution in [0.5, 0.6) is 5.75 Å². The van der Waals surface area contributed by atoms with Crippen LogP contribution in [0.25, 0.3) is 16.6 Å². The standard InChI is InChI=1S/C20H21FIN7O2/c1-31-13-5-12-10(4-11(13)21)16-26-15(27-29(16)18(23)25-12)9-2-3-14(22)28(6-9)17(30)19-7-20(19,24)8-19/h4-5,9,14H,2-3,6-8,24H2,1H3,(H2,23,25)/t9-,14-,19?,20?/m1/s1. The van der Waals surface area contributed by atoms with Crippen LogP contribution in [0.1, 0.15) is 37.4 Å². The van der Waals surface area contributed by atoms with Crippen molar-refractivity contribution in [3.05, 3.63) is 23.8 Å². The second kappa shape index (κ2) is 6.15. The van der Waals surface area contributed by atoms with Gasteiger partial charge in [-0.15, -0.1) is 5.10 Å². The quantitative estimate of drug-likeness (QED) is 0.298. The monoisotopic (exact) mass is 537 g/mol. The number of halogens is 2. The molecular weight excluding hydrogens is 516 g/mol. The lowest BCUT2D eigenvalue weighted by atomic mass is 9.96. The lowest BCUT2D eigenvalue weighted by molar-refractivity contribution is -0.136. The number of rotatable bonds is 3. The zero-order chi connectivity index (χ0) is 21.7. The molecule has 2 aromatic heterocycles. The lowest BCUT2D eigenvalue weighted by Crippen LogP contribution is -2.45. The number of nitrogens with zero attached hydrogens (tertiary/aromatic N) is 5. The summed E-state index contributed by atoms with van der Waals surface area (Å²) < 4.78 is 21.0. The SMILES string of the molecule is COc1cc2nc(N)n3nc([C@@H]4CC[C@H](I)N(C(=O)C56CC5(N)C6)C4)nc3c2cc1F. The number of nitrogen functional groups attached to an aromatic ring is 1. The number of amides is 1. The molecule has 9 nitrogen and oxygen atoms in total. The second-order valence-electron chi connectivity index (χ2n) is 8.94. The first-order chi connectivity index (χ1) is 14.8. The van der Waals surface area contributed by atoms with Crippen molar-refractivity contribution in [2.75, 3.05) is 19.4 Å². The van der Waals surface area contributed by atoms with Crippen LogP contribution in [0.4, 0.5) is 10.3 Å². The van der Waals surface area contributed by atoms with E-state index in [1.54, 1.807) is 0 Å². The third kappa shape index (κ3) is 2.62. The van der Waals surface area contributed by atoms with Crippen LogP contribution in [0.15, 0.2) is 12.1 Å². The first-order valence-corrected chi connectivity index (χ1v) is 11.4. The van der Waals surface area contributed by atoms with Crippen molar-refractivity contribution in [1.82, 2.24) is 24.5 Å². The van der Waals surface area contributed by atoms with E-state index in [1.165, 1.54) is 23.8 Å². The molecule has 0 radical (unpaired) electrons. The van der Waals surface area contributed by atoms with E-state index in [1.807, 2.05) is 4.90 Å². The molecule has 2 saturated carbocycles. The van der Waals surface area contributed by atoms with Crippen LogP contribution in [-0.2, 0) is 4.79 Å². The third-order valence-corrected chi connectivity index (χ3v) is 8.36. The fourth-order valence-electron chi connectivity index (χ4n) is 4.91. The minimum atomic E-state index is -0.506. The summed E-state index contributed by atoms with van der Waals surface area (Å²) in [4.78, 5) is 24.1. The number of hydrogen-bond donors (Lipinski definition) is 2. The summed E-state index contributed by atoms with van der Waals surface area (Å²) in [7, 11) is 1.40. The summed E-state index contributed by atoms with van der Waals surface area (Å²) in [5.41, 5.74) is 12.6. The first-order valence-electron chi connectivity index (χ1n) is 10.2. The van der Waals surface area contributed by atoms with E-state index >= 15 is 0 Å². The van der Waals surface area contributed by atoms with Crippen LogP contribution in [0, 0.1) is 11.2 Å². The Morgan fingerprint density at radius 3 is 2.74 bits per heavy atom. The molecule has 2 aliphatic carbocycles. The highest BCUT2D eigenvalue weighted by Crippen LogP contribution is 2.77. The molecule has 4 N–H and O–H groups in total. The van der Waals surface area contributed by atoms with Crippen molar-refractivity contribution in [2.45, 2.75) is 41.2 Å². The Labute approximate surface area is 190 Å². The van der Waals surface area contributed by atoms with Gasteiger partial charge in [-0.2, -0.15) is 4.52 Å². The molecule has 3 aromatic rings. The van der Waals surface area contributed by atoms with Crippen molar-refractivity contribution < 1.29 is 13.9 Å². The van der Waals surface area contributed by atoms with Gasteiger partial charge in [0.25, 0.3) is 0 Å². The van der Waals surface area contributed by atoms with Crippen LogP contribution >= 0.6 is 22.6 Å². The van der Waals surface area contributed by atoms with Gasteiger partial charge in [0, 0.05) is 29.5 Å². The number of benzene rings is 1. The van der Waals surface area contributed by atoms with Gasteiger partial charge in [-0.3, -0.25) is 4.79 Å². The van der Waals surface area contributed by atoms with Gasteiger partial charge in [0.2, 0.25) is 11.9 Å². The maximum absolute atomic E-state index is 14.3. The van der Waals surface area contributed by atoms with Crippen molar-refractivity contribution >= 4 is 51.0 Å². The molecule has 0 bridgehead atoms. The summed E-state index contributed by atoms with van der Waals surface area (Å²) in [5, 5.41) is 5.08. The number of aromatic nitrogens is 4. The maximum atomic E-state index is 14.3. The molecule has 6 rings (SSSR count). The molecule has 31 heavy (non-hydrogen) atoms. The Kier molecular flexibility index (Phi) is 3.85. The van der Waals surface area contributed by atoms with Gasteiger partial charge < -0.3 is 21.1 Å². The highest BCUT2D eigenvalue weighted by atomic mass is 127. The van der Waals surface area contributed by atoms with Gasteiger partial charge in [-0.25, -0.2) is 14.4 Å². The average molecular weight is 537 g/mol. The van der Waals surface area contributed by atoms with Crippen LogP contribution in [0.3, 0.4) is 0 Å². The number of fused-ring (bicyclic) bond motifs is 4. The molecule has 2 atom stereocenters. The molecule has 3 fully saturated rings. The minimum absolute atomic E-state index is 0.0338. The van der Waals surface area contributed by atoms with Gasteiger partial charge in [0.05, 0.1) is 22.1 Å². The molecule has 1 aromatic carbocycles. The number of anilines is 1. The number of nitrogens with two attached hydrogens (primary N) is 2. The Morgan fingerprint density at radius 1 is 1.32 bits per heavy atom. The van der Waals surface area contributed by atoms with E-state index in [2.05, 4.69) is 32.7 Å². The van der Waals surface area contributed by atoms with Crippen molar-refractivity contribution in [2.24, 2.45) is 11.1 Å². The fraction of sp³-hybridized carbons (Fsp3) is 0.500. The predicted molar refractivity (Wildman–Crippen MR) is 119 cm³/mol. The van der Waals surface area contributed by atoms with E-state index < -0.39 is 5.82 Å². The zero-order valence-electron chi connectivity index (χ0n) is 16.8. The summed E-state index contributed by atoms with van der Waals surface area (Å²) >= 11 is 2.33. The molecule has 3 aliphatic rings. The number of methoxy groups -OCH3 is 1. The molecule has 1 saturated heterocycles. The molecule has 1 amide bonds. The molecule has 0 unspecified atom stereocenters. The maximum Gasteiger partial charge on any atom is 0.231 e. The molecule has 162 valence electrons. The van der Waals surface area contributed by atoms with Crippen LogP contribution in [-0.4, -0.2) is 53.6 Å². The molecule has 3 heterocycles. The average Bonchev–Trinajstić information content (AvgIpc) is 3.42. The van der Waals surface area contributed by atoms with Gasteiger partial charge in [-0.05, 0) is 31.7 Å². The topological polar surface area (TPSA) is 125 Å². The number of carbonyl (C=O) groups excluding carboxylic acids is 1. The smallest absolute Gasteiger partial charge is 0.231 e. The number of carbonyl (C=O) groups is 1. The summed E-state index contributed by atoms with van der Waals surface area (Å²) in [6, 6.07) is 2.84. The number of likely N-dealkylation sites (tertiary alicyclic amines) is 1. The fourth-order valence-corrected chi connectivity index (χ4v) is 5.75. The van der Waals surface area contributed by atoms with Gasteiger partial charge in [0.1, 0.15) is 0 Å². The number of alkyl halides is 1. The van der Waals surface area contributed by atoms with E-state index in [9.17, 15) is 9.18 Å². The summed E-state index contributed by atoms with van der Waals surface area (Å²) in [5.74, 6) is 0.453. The van der Waals surface area contributed by atoms with E-state index in [4.69, 9.17) is 21.2 Å². The number of hydrogen-bond acceptors (Lipinski definition) is 7. The Bertz CT molecular complexity index is 1270. The van der Waals surface area contributed by atoms with Gasteiger partial charge in [0.15, 0.2) is 23.0 Å². The Balaban J connectivity index is 1.37. The van der Waals surface area contributed by atoms with Crippen molar-refractivity contribution in [3.63, 3.8) is 0 Å². The van der Waals surface area contributed by atoms with Gasteiger partial charge >= 0.3 is 0 Å². The zero-order valence-corrected chi connectivity index (χ0v) is 19.0. The summed E-state index contributed by atoms with van der Waals surface area (Å²) in [6.45, 7) is 0.536. The van der Waals surface area contributed by atoms with E-state index in [-0.39, 0.29) is 38.5 Å². The van der Waals surface area contributed by atoms with Gasteiger partial charge in [-0.1, -0.05) is 22.6 Å². The predicted octanol–water partition coefficient (Wildman–Crippen LogP) is 1.97. The van der Waals surface area contributed by atoms with Crippen molar-refractivity contribution in [1.29, 1.82) is 0 Å². The molecule has 0 spiro atoms. The van der Waals surface area contributed by atoms with E-state index in [0.29, 0.717) is 28.9 Å². The van der Waals surface area contributed by atoms with Crippen LogP contribution < -0.4 is 16.2 Å². The number of piperidine rings is 1. The van der Waals surface area contributed by atoms with Crippen LogP contribution in [0.2, 0.25) is 0 Å². The summed E-state index contributed by atoms with van der Waals surface area (Å²) in [6.07, 6.45) is 3.28. The Morgan fingerprint density at radius 2 is 2.06 bits per heavy atom. The second-order valence-corrected chi connectivity index (χ2v) is 10.4. The van der Waals surface area contributed by atoms with Crippen molar-refractivity contribution in [3.8, 4) is 5.75 Å². The lowest BCUT2D eigenvalue weighted by Gasteiger charge is -2.36. The number of ether oxygens (including phenoxy) is 1. The molecule has 11 heteroatoms. The van der Waals surface area contributed by atoms with E-state index in [0.717, 1.165) is 25.7 Å².